The maximum atomic E-state index is 11.3. The molecule has 2 aliphatic rings. The first-order valence-electron chi connectivity index (χ1n) is 9.49. The number of non-ortho nitro benzene ring substituents is 1. The van der Waals surface area contributed by atoms with Gasteiger partial charge in [-0.05, 0) is 52.8 Å². The summed E-state index contributed by atoms with van der Waals surface area (Å²) >= 11 is 0. The number of nitrogens with zero attached hydrogens (tertiary/aromatic N) is 1. The Morgan fingerprint density at radius 2 is 1.79 bits per heavy atom. The summed E-state index contributed by atoms with van der Waals surface area (Å²) in [6.45, 7) is 0. The van der Waals surface area contributed by atoms with Gasteiger partial charge in [0.15, 0.2) is 0 Å². The summed E-state index contributed by atoms with van der Waals surface area (Å²) in [6.07, 6.45) is 0.862. The van der Waals surface area contributed by atoms with Crippen LogP contribution in [-0.4, -0.2) is 16.0 Å². The van der Waals surface area contributed by atoms with E-state index in [1.54, 1.807) is 24.3 Å². The van der Waals surface area contributed by atoms with Crippen LogP contribution in [0.4, 0.5) is 11.4 Å². The highest BCUT2D eigenvalue weighted by Gasteiger charge is 2.43. The van der Waals surface area contributed by atoms with Gasteiger partial charge in [-0.1, -0.05) is 36.4 Å². The number of rotatable bonds is 3. The van der Waals surface area contributed by atoms with Crippen molar-refractivity contribution in [3.63, 3.8) is 0 Å². The van der Waals surface area contributed by atoms with E-state index in [-0.39, 0.29) is 34.1 Å². The molecule has 6 heteroatoms. The van der Waals surface area contributed by atoms with Crippen LogP contribution in [0.3, 0.4) is 0 Å². The van der Waals surface area contributed by atoms with Crippen LogP contribution in [0.5, 0.6) is 0 Å². The molecular weight excluding hydrogens is 368 g/mol. The number of nitro benzene ring substituents is 1. The van der Waals surface area contributed by atoms with Crippen LogP contribution in [0.1, 0.15) is 44.6 Å². The lowest BCUT2D eigenvalue weighted by molar-refractivity contribution is -0.384. The third-order valence-corrected chi connectivity index (χ3v) is 6.11. The van der Waals surface area contributed by atoms with Crippen LogP contribution in [0.25, 0.3) is 0 Å². The van der Waals surface area contributed by atoms with E-state index in [2.05, 4.69) is 17.4 Å². The fraction of sp³-hybridized carbons (Fsp3) is 0.174. The second-order valence-corrected chi connectivity index (χ2v) is 7.62. The molecule has 0 spiro atoms. The lowest BCUT2D eigenvalue weighted by Gasteiger charge is -2.38. The standard InChI is InChI=1S/C23H18N2O4/c26-23(27)14-7-5-13(6-8-14)22-19-11-15-3-1-2-4-17(15)21(19)18-12-16(25(28)29)9-10-20(18)24-22/h1-10,12,19,21-22,24H,11H2,(H,26,27)/t19-,21-,22-/m1/s1. The zero-order chi connectivity index (χ0) is 20.1. The molecule has 3 atom stereocenters. The second-order valence-electron chi connectivity index (χ2n) is 7.62. The fourth-order valence-corrected chi connectivity index (χ4v) is 4.82. The minimum Gasteiger partial charge on any atom is -0.478 e. The molecule has 6 nitrogen and oxygen atoms in total. The van der Waals surface area contributed by atoms with E-state index in [0.29, 0.717) is 0 Å². The maximum Gasteiger partial charge on any atom is 0.335 e. The first-order chi connectivity index (χ1) is 14.0. The van der Waals surface area contributed by atoms with Crippen LogP contribution < -0.4 is 5.32 Å². The fourth-order valence-electron chi connectivity index (χ4n) is 4.82. The average Bonchev–Trinajstić information content (AvgIpc) is 3.12. The molecule has 2 N–H and O–H groups in total. The summed E-state index contributed by atoms with van der Waals surface area (Å²) in [7, 11) is 0. The Balaban J connectivity index is 1.64. The van der Waals surface area contributed by atoms with Gasteiger partial charge in [0.05, 0.1) is 16.5 Å². The molecule has 1 aliphatic carbocycles. The molecule has 29 heavy (non-hydrogen) atoms. The number of aromatic carboxylic acids is 1. The third-order valence-electron chi connectivity index (χ3n) is 6.11. The molecule has 0 fully saturated rings. The Morgan fingerprint density at radius 3 is 2.52 bits per heavy atom. The minimum atomic E-state index is -0.947. The topological polar surface area (TPSA) is 92.5 Å². The van der Waals surface area contributed by atoms with Crippen molar-refractivity contribution in [2.24, 2.45) is 5.92 Å². The van der Waals surface area contributed by atoms with Gasteiger partial charge in [0.25, 0.3) is 5.69 Å². The summed E-state index contributed by atoms with van der Waals surface area (Å²) in [4.78, 5) is 22.2. The van der Waals surface area contributed by atoms with Gasteiger partial charge in [0, 0.05) is 23.7 Å². The number of benzene rings is 3. The van der Waals surface area contributed by atoms with Crippen molar-refractivity contribution in [2.75, 3.05) is 5.32 Å². The molecule has 3 aromatic carbocycles. The van der Waals surface area contributed by atoms with Crippen molar-refractivity contribution < 1.29 is 14.8 Å². The zero-order valence-corrected chi connectivity index (χ0v) is 15.4. The second kappa shape index (κ2) is 6.44. The predicted octanol–water partition coefficient (Wildman–Crippen LogP) is 4.76. The molecule has 0 bridgehead atoms. The van der Waals surface area contributed by atoms with E-state index in [0.717, 1.165) is 23.2 Å². The molecule has 0 radical (unpaired) electrons. The van der Waals surface area contributed by atoms with Gasteiger partial charge < -0.3 is 10.4 Å². The normalized spacial score (nSPS) is 21.4. The minimum absolute atomic E-state index is 0.01000. The molecule has 144 valence electrons. The van der Waals surface area contributed by atoms with E-state index in [1.807, 2.05) is 24.3 Å². The number of hydrogen-bond acceptors (Lipinski definition) is 4. The number of carboxylic acid groups (broad SMARTS) is 1. The average molecular weight is 386 g/mol. The third kappa shape index (κ3) is 2.76. The van der Waals surface area contributed by atoms with Crippen LogP contribution >= 0.6 is 0 Å². The van der Waals surface area contributed by atoms with Gasteiger partial charge in [0.2, 0.25) is 0 Å². The monoisotopic (exact) mass is 386 g/mol. The molecule has 5 rings (SSSR count). The summed E-state index contributed by atoms with van der Waals surface area (Å²) in [5.74, 6) is -0.693. The summed E-state index contributed by atoms with van der Waals surface area (Å²) < 4.78 is 0. The summed E-state index contributed by atoms with van der Waals surface area (Å²) in [5, 5.41) is 24.1. The number of nitro groups is 1. The van der Waals surface area contributed by atoms with Gasteiger partial charge in [-0.3, -0.25) is 10.1 Å². The van der Waals surface area contributed by atoms with E-state index in [1.165, 1.54) is 17.2 Å². The van der Waals surface area contributed by atoms with Gasteiger partial charge >= 0.3 is 5.97 Å². The highest BCUT2D eigenvalue weighted by molar-refractivity contribution is 5.87. The van der Waals surface area contributed by atoms with Gasteiger partial charge in [-0.2, -0.15) is 0 Å². The zero-order valence-electron chi connectivity index (χ0n) is 15.4. The molecule has 0 amide bonds. The predicted molar refractivity (Wildman–Crippen MR) is 108 cm³/mol. The number of fused-ring (bicyclic) bond motifs is 5. The Bertz CT molecular complexity index is 1140. The SMILES string of the molecule is O=C(O)c1ccc([C@H]2Nc3ccc([N+](=O)[O-])cc3[C@H]3c4ccccc4C[C@H]32)cc1. The Morgan fingerprint density at radius 1 is 1.03 bits per heavy atom. The van der Waals surface area contributed by atoms with Crippen molar-refractivity contribution >= 4 is 17.3 Å². The Hall–Kier alpha value is -3.67. The summed E-state index contributed by atoms with van der Waals surface area (Å²) in [6, 6.07) is 20.2. The molecule has 0 unspecified atom stereocenters. The lowest BCUT2D eigenvalue weighted by Crippen LogP contribution is -2.30. The van der Waals surface area contributed by atoms with Crippen molar-refractivity contribution in [1.29, 1.82) is 0 Å². The molecular formula is C23H18N2O4. The quantitative estimate of drug-likeness (QED) is 0.500. The molecule has 0 aromatic heterocycles. The summed E-state index contributed by atoms with van der Waals surface area (Å²) in [5.41, 5.74) is 5.68. The number of carboxylic acids is 1. The van der Waals surface area contributed by atoms with E-state index in [9.17, 15) is 20.0 Å². The van der Waals surface area contributed by atoms with E-state index < -0.39 is 5.97 Å². The molecule has 0 saturated carbocycles. The van der Waals surface area contributed by atoms with Crippen molar-refractivity contribution in [2.45, 2.75) is 18.4 Å². The molecule has 1 heterocycles. The molecule has 0 saturated heterocycles. The van der Waals surface area contributed by atoms with Gasteiger partial charge in [-0.25, -0.2) is 4.79 Å². The van der Waals surface area contributed by atoms with Crippen LogP contribution in [0.2, 0.25) is 0 Å². The lowest BCUT2D eigenvalue weighted by atomic mass is 9.75. The number of hydrogen-bond donors (Lipinski definition) is 2. The maximum absolute atomic E-state index is 11.3. The largest absolute Gasteiger partial charge is 0.478 e. The van der Waals surface area contributed by atoms with Crippen LogP contribution in [0.15, 0.2) is 66.7 Å². The highest BCUT2D eigenvalue weighted by Crippen LogP contribution is 2.54. The van der Waals surface area contributed by atoms with Crippen LogP contribution in [0, 0.1) is 16.0 Å². The first kappa shape index (κ1) is 17.4. The highest BCUT2D eigenvalue weighted by atomic mass is 16.6. The van der Waals surface area contributed by atoms with Gasteiger partial charge in [-0.15, -0.1) is 0 Å². The first-order valence-corrected chi connectivity index (χ1v) is 9.49. The number of carbonyl (C=O) groups is 1. The molecule has 1 aliphatic heterocycles. The smallest absolute Gasteiger partial charge is 0.335 e. The van der Waals surface area contributed by atoms with Crippen LogP contribution in [-0.2, 0) is 6.42 Å². The van der Waals surface area contributed by atoms with Crippen molar-refractivity contribution in [1.82, 2.24) is 0 Å². The van der Waals surface area contributed by atoms with E-state index in [4.69, 9.17) is 0 Å². The van der Waals surface area contributed by atoms with Crippen molar-refractivity contribution in [3.8, 4) is 0 Å². The van der Waals surface area contributed by atoms with Crippen molar-refractivity contribution in [3.05, 3.63) is 105 Å². The Kier molecular flexibility index (Phi) is 3.87. The van der Waals surface area contributed by atoms with Gasteiger partial charge in [0.1, 0.15) is 0 Å². The Labute approximate surface area is 167 Å². The number of anilines is 1. The molecule has 3 aromatic rings. The van der Waals surface area contributed by atoms with E-state index >= 15 is 0 Å². The number of nitrogens with one attached hydrogen (secondary N) is 1.